The van der Waals surface area contributed by atoms with Crippen LogP contribution in [0, 0.1) is 11.8 Å². The topological polar surface area (TPSA) is 0 Å². The molecule has 0 radical (unpaired) electrons. The molecule has 0 spiro atoms. The average Bonchev–Trinajstić information content (AvgIpc) is 2.20. The van der Waals surface area contributed by atoms with Crippen LogP contribution in [-0.2, 0) is 0 Å². The maximum absolute atomic E-state index is 6.06. The number of rotatable bonds is 2. The minimum Gasteiger partial charge on any atom is -0.123 e. The lowest BCUT2D eigenvalue weighted by molar-refractivity contribution is 0.427. The van der Waals surface area contributed by atoms with Crippen molar-refractivity contribution in [2.45, 2.75) is 31.6 Å². The predicted octanol–water partition coefficient (Wildman–Crippen LogP) is 3.22. The molecule has 0 aromatic heterocycles. The van der Waals surface area contributed by atoms with Crippen LogP contribution in [0.25, 0.3) is 0 Å². The molecule has 3 atom stereocenters. The second kappa shape index (κ2) is 3.43. The Hall–Kier alpha value is 0.0300. The van der Waals surface area contributed by atoms with Crippen molar-refractivity contribution in [2.24, 2.45) is 11.8 Å². The lowest BCUT2D eigenvalue weighted by atomic mass is 9.95. The minimum absolute atomic E-state index is 0.421. The Balaban J connectivity index is 2.40. The molecule has 0 aliphatic heterocycles. The molecule has 1 rings (SSSR count). The van der Waals surface area contributed by atoms with Crippen LogP contribution in [0.3, 0.4) is 0 Å². The van der Waals surface area contributed by atoms with Gasteiger partial charge in [-0.25, -0.2) is 0 Å². The summed E-state index contributed by atoms with van der Waals surface area (Å²) in [5.74, 6) is 1.50. The van der Waals surface area contributed by atoms with Crippen molar-refractivity contribution in [2.75, 3.05) is 0 Å². The molecule has 0 aromatic carbocycles. The van der Waals surface area contributed by atoms with Crippen LogP contribution < -0.4 is 0 Å². The molecule has 0 nitrogen and oxygen atoms in total. The molecular weight excluding hydrogens is 144 g/mol. The fraction of sp³-hybridized carbons (Fsp3) is 0.778. The second-order valence-corrected chi connectivity index (χ2v) is 3.80. The first-order chi connectivity index (χ1) is 4.75. The van der Waals surface area contributed by atoms with Crippen molar-refractivity contribution >= 4 is 11.6 Å². The first-order valence-corrected chi connectivity index (χ1v) is 4.44. The Kier molecular flexibility index (Phi) is 2.79. The maximum atomic E-state index is 6.06. The maximum Gasteiger partial charge on any atom is 0.0364 e. The van der Waals surface area contributed by atoms with E-state index >= 15 is 0 Å². The van der Waals surface area contributed by atoms with Crippen LogP contribution in [0.4, 0.5) is 0 Å². The fourth-order valence-corrected chi connectivity index (χ4v) is 2.07. The molecule has 0 bridgehead atoms. The van der Waals surface area contributed by atoms with E-state index in [1.165, 1.54) is 12.8 Å². The van der Waals surface area contributed by atoms with Crippen molar-refractivity contribution in [3.8, 4) is 0 Å². The van der Waals surface area contributed by atoms with Gasteiger partial charge in [0, 0.05) is 5.38 Å². The highest BCUT2D eigenvalue weighted by atomic mass is 35.5. The standard InChI is InChI=1S/C9H15Cl/c1-3-4-8-5-6-9(10)7(8)2/h3,7-9H,1,4-6H2,2H3. The third-order valence-electron chi connectivity index (χ3n) is 2.60. The van der Waals surface area contributed by atoms with Gasteiger partial charge in [0.2, 0.25) is 0 Å². The first kappa shape index (κ1) is 8.13. The quantitative estimate of drug-likeness (QED) is 0.428. The highest BCUT2D eigenvalue weighted by molar-refractivity contribution is 6.20. The van der Waals surface area contributed by atoms with Gasteiger partial charge in [-0.1, -0.05) is 13.0 Å². The van der Waals surface area contributed by atoms with Gasteiger partial charge in [0.1, 0.15) is 0 Å². The SMILES string of the molecule is C=CCC1CCC(Cl)C1C. The van der Waals surface area contributed by atoms with Gasteiger partial charge in [0.05, 0.1) is 0 Å². The second-order valence-electron chi connectivity index (χ2n) is 3.24. The Morgan fingerprint density at radius 3 is 2.70 bits per heavy atom. The van der Waals surface area contributed by atoms with Crippen molar-refractivity contribution in [1.29, 1.82) is 0 Å². The molecular formula is C9H15Cl. The van der Waals surface area contributed by atoms with Crippen LogP contribution in [0.1, 0.15) is 26.2 Å². The zero-order valence-electron chi connectivity index (χ0n) is 6.52. The Morgan fingerprint density at radius 2 is 2.30 bits per heavy atom. The van der Waals surface area contributed by atoms with E-state index in [2.05, 4.69) is 13.5 Å². The lowest BCUT2D eigenvalue weighted by Crippen LogP contribution is -2.09. The van der Waals surface area contributed by atoms with Gasteiger partial charge in [-0.3, -0.25) is 0 Å². The number of hydrogen-bond donors (Lipinski definition) is 0. The monoisotopic (exact) mass is 158 g/mol. The summed E-state index contributed by atoms with van der Waals surface area (Å²) in [4.78, 5) is 0. The third-order valence-corrected chi connectivity index (χ3v) is 3.21. The van der Waals surface area contributed by atoms with Crippen molar-refractivity contribution in [3.63, 3.8) is 0 Å². The van der Waals surface area contributed by atoms with E-state index in [1.807, 2.05) is 6.08 Å². The van der Waals surface area contributed by atoms with E-state index in [9.17, 15) is 0 Å². The zero-order chi connectivity index (χ0) is 7.56. The molecule has 1 saturated carbocycles. The number of alkyl halides is 1. The molecule has 1 fully saturated rings. The van der Waals surface area contributed by atoms with Crippen molar-refractivity contribution < 1.29 is 0 Å². The van der Waals surface area contributed by atoms with Gasteiger partial charge < -0.3 is 0 Å². The first-order valence-electron chi connectivity index (χ1n) is 4.00. The summed E-state index contributed by atoms with van der Waals surface area (Å²) in [6.45, 7) is 5.99. The van der Waals surface area contributed by atoms with E-state index in [-0.39, 0.29) is 0 Å². The summed E-state index contributed by atoms with van der Waals surface area (Å²) in [5, 5.41) is 0.421. The molecule has 1 aliphatic carbocycles. The van der Waals surface area contributed by atoms with Gasteiger partial charge in [-0.2, -0.15) is 0 Å². The highest BCUT2D eigenvalue weighted by Gasteiger charge is 2.29. The minimum atomic E-state index is 0.421. The summed E-state index contributed by atoms with van der Waals surface area (Å²) in [5.41, 5.74) is 0. The Labute approximate surface area is 68.3 Å². The van der Waals surface area contributed by atoms with Crippen LogP contribution >= 0.6 is 11.6 Å². The summed E-state index contributed by atoms with van der Waals surface area (Å²) in [6.07, 6.45) is 5.64. The van der Waals surface area contributed by atoms with Gasteiger partial charge >= 0.3 is 0 Å². The molecule has 3 unspecified atom stereocenters. The summed E-state index contributed by atoms with van der Waals surface area (Å²) < 4.78 is 0. The van der Waals surface area contributed by atoms with Crippen LogP contribution in [0.5, 0.6) is 0 Å². The van der Waals surface area contributed by atoms with E-state index < -0.39 is 0 Å². The van der Waals surface area contributed by atoms with E-state index in [1.54, 1.807) is 0 Å². The zero-order valence-corrected chi connectivity index (χ0v) is 7.27. The predicted molar refractivity (Wildman–Crippen MR) is 46.3 cm³/mol. The van der Waals surface area contributed by atoms with Gasteiger partial charge in [0.25, 0.3) is 0 Å². The summed E-state index contributed by atoms with van der Waals surface area (Å²) in [6, 6.07) is 0. The summed E-state index contributed by atoms with van der Waals surface area (Å²) >= 11 is 6.06. The third kappa shape index (κ3) is 1.54. The Morgan fingerprint density at radius 1 is 1.60 bits per heavy atom. The van der Waals surface area contributed by atoms with Crippen LogP contribution in [-0.4, -0.2) is 5.38 Å². The largest absolute Gasteiger partial charge is 0.123 e. The van der Waals surface area contributed by atoms with Crippen LogP contribution in [0.2, 0.25) is 0 Å². The Bertz CT molecular complexity index is 120. The molecule has 0 N–H and O–H groups in total. The smallest absolute Gasteiger partial charge is 0.0364 e. The molecule has 1 aliphatic rings. The number of hydrogen-bond acceptors (Lipinski definition) is 0. The molecule has 10 heavy (non-hydrogen) atoms. The van der Waals surface area contributed by atoms with Crippen molar-refractivity contribution in [1.82, 2.24) is 0 Å². The highest BCUT2D eigenvalue weighted by Crippen LogP contribution is 2.37. The van der Waals surface area contributed by atoms with E-state index in [0.717, 1.165) is 12.3 Å². The molecule has 0 saturated heterocycles. The summed E-state index contributed by atoms with van der Waals surface area (Å²) in [7, 11) is 0. The average molecular weight is 159 g/mol. The molecule has 1 heteroatoms. The van der Waals surface area contributed by atoms with Gasteiger partial charge in [-0.15, -0.1) is 18.2 Å². The van der Waals surface area contributed by atoms with Crippen molar-refractivity contribution in [3.05, 3.63) is 12.7 Å². The number of allylic oxidation sites excluding steroid dienone is 1. The number of halogens is 1. The van der Waals surface area contributed by atoms with E-state index in [0.29, 0.717) is 11.3 Å². The molecule has 0 aromatic rings. The molecule has 58 valence electrons. The molecule has 0 amide bonds. The lowest BCUT2D eigenvalue weighted by Gasteiger charge is -2.14. The van der Waals surface area contributed by atoms with Gasteiger partial charge in [-0.05, 0) is 31.1 Å². The van der Waals surface area contributed by atoms with Crippen LogP contribution in [0.15, 0.2) is 12.7 Å². The molecule has 0 heterocycles. The fourth-order valence-electron chi connectivity index (χ4n) is 1.74. The van der Waals surface area contributed by atoms with Gasteiger partial charge in [0.15, 0.2) is 0 Å². The normalized spacial score (nSPS) is 40.0. The van der Waals surface area contributed by atoms with E-state index in [4.69, 9.17) is 11.6 Å².